The fourth-order valence-corrected chi connectivity index (χ4v) is 3.72. The van der Waals surface area contributed by atoms with Crippen LogP contribution in [0.3, 0.4) is 0 Å². The van der Waals surface area contributed by atoms with Crippen LogP contribution in [0.2, 0.25) is 0 Å². The second-order valence-electron chi connectivity index (χ2n) is 7.30. The molecule has 1 heterocycles. The molecule has 4 heteroatoms. The first-order valence-electron chi connectivity index (χ1n) is 8.43. The topological polar surface area (TPSA) is 47.9 Å². The molecule has 0 aromatic carbocycles. The van der Waals surface area contributed by atoms with Crippen molar-refractivity contribution in [2.75, 3.05) is 19.8 Å². The van der Waals surface area contributed by atoms with Gasteiger partial charge in [-0.2, -0.15) is 0 Å². The lowest BCUT2D eigenvalue weighted by Crippen LogP contribution is -2.32. The molecule has 6 atom stereocenters. The van der Waals surface area contributed by atoms with Crippen LogP contribution in [0.15, 0.2) is 0 Å². The first kappa shape index (κ1) is 17.2. The summed E-state index contributed by atoms with van der Waals surface area (Å²) in [7, 11) is 0. The van der Waals surface area contributed by atoms with Gasteiger partial charge in [-0.3, -0.25) is 0 Å². The van der Waals surface area contributed by atoms with Crippen molar-refractivity contribution in [2.45, 2.75) is 65.5 Å². The molecule has 1 N–H and O–H groups in total. The maximum Gasteiger partial charge on any atom is 0.160 e. The maximum atomic E-state index is 9.78. The molecular formula is C17H32O4. The fourth-order valence-electron chi connectivity index (χ4n) is 3.72. The van der Waals surface area contributed by atoms with Gasteiger partial charge in [0.05, 0.1) is 25.4 Å². The Morgan fingerprint density at radius 1 is 1.19 bits per heavy atom. The van der Waals surface area contributed by atoms with Gasteiger partial charge in [-0.15, -0.1) is 0 Å². The lowest BCUT2D eigenvalue weighted by atomic mass is 9.86. The highest BCUT2D eigenvalue weighted by Gasteiger charge is 2.50. The second-order valence-corrected chi connectivity index (χ2v) is 7.30. The predicted molar refractivity (Wildman–Crippen MR) is 81.9 cm³/mol. The summed E-state index contributed by atoms with van der Waals surface area (Å²) < 4.78 is 17.3. The molecule has 6 unspecified atom stereocenters. The van der Waals surface area contributed by atoms with Crippen LogP contribution in [-0.2, 0) is 14.2 Å². The van der Waals surface area contributed by atoms with E-state index in [0.717, 1.165) is 26.2 Å². The summed E-state index contributed by atoms with van der Waals surface area (Å²) in [6.07, 6.45) is 2.61. The average Bonchev–Trinajstić information content (AvgIpc) is 3.05. The average molecular weight is 300 g/mol. The minimum atomic E-state index is -1.04. The fraction of sp³-hybridized carbons (Fsp3) is 1.00. The van der Waals surface area contributed by atoms with E-state index < -0.39 is 5.79 Å². The second kappa shape index (κ2) is 6.95. The molecule has 2 rings (SSSR count). The van der Waals surface area contributed by atoms with E-state index in [9.17, 15) is 5.11 Å². The molecule has 0 aromatic rings. The Bertz CT molecular complexity index is 325. The van der Waals surface area contributed by atoms with Gasteiger partial charge < -0.3 is 19.3 Å². The van der Waals surface area contributed by atoms with Crippen molar-refractivity contribution in [3.8, 4) is 0 Å². The molecule has 1 saturated carbocycles. The van der Waals surface area contributed by atoms with Gasteiger partial charge in [0.1, 0.15) is 0 Å². The van der Waals surface area contributed by atoms with E-state index in [0.29, 0.717) is 23.7 Å². The Labute approximate surface area is 129 Å². The van der Waals surface area contributed by atoms with Crippen molar-refractivity contribution in [3.63, 3.8) is 0 Å². The molecule has 0 radical (unpaired) electrons. The molecule has 2 fully saturated rings. The van der Waals surface area contributed by atoms with Crippen LogP contribution < -0.4 is 0 Å². The molecule has 1 saturated heterocycles. The summed E-state index contributed by atoms with van der Waals surface area (Å²) in [6.45, 7) is 12.3. The van der Waals surface area contributed by atoms with Crippen molar-refractivity contribution in [1.82, 2.24) is 0 Å². The zero-order valence-corrected chi connectivity index (χ0v) is 14.2. The molecule has 0 amide bonds. The van der Waals surface area contributed by atoms with Gasteiger partial charge in [-0.05, 0) is 51.4 Å². The number of ether oxygens (including phenoxy) is 3. The molecule has 0 bridgehead atoms. The third kappa shape index (κ3) is 4.65. The van der Waals surface area contributed by atoms with Crippen LogP contribution in [0.5, 0.6) is 0 Å². The van der Waals surface area contributed by atoms with Crippen molar-refractivity contribution in [2.24, 2.45) is 23.7 Å². The van der Waals surface area contributed by atoms with E-state index in [1.165, 1.54) is 6.42 Å². The van der Waals surface area contributed by atoms with E-state index in [2.05, 4.69) is 20.8 Å². The minimum Gasteiger partial charge on any atom is -0.378 e. The van der Waals surface area contributed by atoms with Crippen LogP contribution >= 0.6 is 0 Å². The first-order valence-corrected chi connectivity index (χ1v) is 8.43. The van der Waals surface area contributed by atoms with E-state index in [4.69, 9.17) is 14.2 Å². The van der Waals surface area contributed by atoms with E-state index in [1.807, 2.05) is 0 Å². The van der Waals surface area contributed by atoms with Gasteiger partial charge in [-0.25, -0.2) is 0 Å². The number of hydrogen-bond donors (Lipinski definition) is 1. The lowest BCUT2D eigenvalue weighted by Gasteiger charge is -2.27. The van der Waals surface area contributed by atoms with Crippen LogP contribution in [-0.4, -0.2) is 42.9 Å². The number of rotatable bonds is 8. The summed E-state index contributed by atoms with van der Waals surface area (Å²) in [5.41, 5.74) is 0. The first-order chi connectivity index (χ1) is 9.83. The van der Waals surface area contributed by atoms with Crippen LogP contribution in [0, 0.1) is 23.7 Å². The Balaban J connectivity index is 1.83. The van der Waals surface area contributed by atoms with Crippen LogP contribution in [0.4, 0.5) is 0 Å². The molecule has 0 spiro atoms. The minimum absolute atomic E-state index is 0.106. The Kier molecular flexibility index (Phi) is 5.69. The summed E-state index contributed by atoms with van der Waals surface area (Å²) >= 11 is 0. The van der Waals surface area contributed by atoms with Gasteiger partial charge in [0, 0.05) is 12.5 Å². The highest BCUT2D eigenvalue weighted by atomic mass is 16.6. The van der Waals surface area contributed by atoms with E-state index in [-0.39, 0.29) is 12.2 Å². The Morgan fingerprint density at radius 3 is 2.52 bits per heavy atom. The van der Waals surface area contributed by atoms with Gasteiger partial charge >= 0.3 is 0 Å². The molecule has 4 nitrogen and oxygen atoms in total. The summed E-state index contributed by atoms with van der Waals surface area (Å²) in [6, 6.07) is 0. The monoisotopic (exact) mass is 300 g/mol. The summed E-state index contributed by atoms with van der Waals surface area (Å²) in [5.74, 6) is 1.27. The van der Waals surface area contributed by atoms with Gasteiger partial charge in [0.25, 0.3) is 0 Å². The van der Waals surface area contributed by atoms with Crippen LogP contribution in [0.25, 0.3) is 0 Å². The normalized spacial score (nSPS) is 35.7. The van der Waals surface area contributed by atoms with E-state index >= 15 is 0 Å². The number of aliphatic hydroxyl groups is 1. The van der Waals surface area contributed by atoms with Gasteiger partial charge in [0.15, 0.2) is 5.79 Å². The standard InChI is InChI=1S/C17H32O4/c1-6-7-20-16-10-19-9-15(16)11(2)13-8-14(13)12(3)21-17(4,5)18/h11-16,18H,6-10H2,1-5H3. The number of hydrogen-bond acceptors (Lipinski definition) is 4. The third-order valence-corrected chi connectivity index (χ3v) is 4.93. The highest BCUT2D eigenvalue weighted by molar-refractivity contribution is 4.97. The smallest absolute Gasteiger partial charge is 0.160 e. The lowest BCUT2D eigenvalue weighted by molar-refractivity contribution is -0.206. The highest BCUT2D eigenvalue weighted by Crippen LogP contribution is 2.51. The largest absolute Gasteiger partial charge is 0.378 e. The predicted octanol–water partition coefficient (Wildman–Crippen LogP) is 2.83. The third-order valence-electron chi connectivity index (χ3n) is 4.93. The summed E-state index contributed by atoms with van der Waals surface area (Å²) in [4.78, 5) is 0. The zero-order valence-electron chi connectivity index (χ0n) is 14.2. The molecule has 0 aromatic heterocycles. The van der Waals surface area contributed by atoms with E-state index in [1.54, 1.807) is 13.8 Å². The molecule has 1 aliphatic heterocycles. The van der Waals surface area contributed by atoms with Crippen molar-refractivity contribution < 1.29 is 19.3 Å². The summed E-state index contributed by atoms with van der Waals surface area (Å²) in [5, 5.41) is 9.78. The molecule has 2 aliphatic rings. The molecule has 124 valence electrons. The Morgan fingerprint density at radius 2 is 1.90 bits per heavy atom. The molecular weight excluding hydrogens is 268 g/mol. The SMILES string of the molecule is CCCOC1COCC1C(C)C1CC1C(C)OC(C)(C)O. The molecule has 1 aliphatic carbocycles. The van der Waals surface area contributed by atoms with Crippen molar-refractivity contribution in [1.29, 1.82) is 0 Å². The van der Waals surface area contributed by atoms with Crippen molar-refractivity contribution >= 4 is 0 Å². The van der Waals surface area contributed by atoms with Crippen LogP contribution in [0.1, 0.15) is 47.5 Å². The molecule has 21 heavy (non-hydrogen) atoms. The maximum absolute atomic E-state index is 9.78. The van der Waals surface area contributed by atoms with Crippen molar-refractivity contribution in [3.05, 3.63) is 0 Å². The van der Waals surface area contributed by atoms with Gasteiger partial charge in [0.2, 0.25) is 0 Å². The quantitative estimate of drug-likeness (QED) is 0.700. The zero-order chi connectivity index (χ0) is 15.6. The van der Waals surface area contributed by atoms with Gasteiger partial charge in [-0.1, -0.05) is 13.8 Å². The Hall–Kier alpha value is -0.160.